The lowest BCUT2D eigenvalue weighted by Crippen LogP contribution is -2.48. The number of rotatable bonds is 4. The number of benzene rings is 2. The molecule has 1 aromatic heterocycles. The monoisotopic (exact) mass is 390 g/mol. The van der Waals surface area contributed by atoms with Crippen LogP contribution in [-0.2, 0) is 24.8 Å². The van der Waals surface area contributed by atoms with Crippen molar-refractivity contribution in [1.29, 1.82) is 0 Å². The van der Waals surface area contributed by atoms with Crippen molar-refractivity contribution in [3.05, 3.63) is 75.7 Å². The first-order valence-corrected chi connectivity index (χ1v) is 10.0. The lowest BCUT2D eigenvalue weighted by molar-refractivity contribution is -0.132. The maximum atomic E-state index is 12.9. The highest BCUT2D eigenvalue weighted by Crippen LogP contribution is 2.16. The van der Waals surface area contributed by atoms with E-state index < -0.39 is 0 Å². The highest BCUT2D eigenvalue weighted by atomic mass is 16.2. The summed E-state index contributed by atoms with van der Waals surface area (Å²) in [6, 6.07) is 15.8. The quantitative estimate of drug-likeness (QED) is 0.685. The summed E-state index contributed by atoms with van der Waals surface area (Å²) in [5, 5.41) is 5.74. The van der Waals surface area contributed by atoms with Gasteiger partial charge in [-0.2, -0.15) is 5.10 Å². The molecule has 0 unspecified atom stereocenters. The third-order valence-electron chi connectivity index (χ3n) is 5.73. The third-order valence-corrected chi connectivity index (χ3v) is 5.73. The molecule has 0 aliphatic carbocycles. The van der Waals surface area contributed by atoms with Crippen LogP contribution in [0.3, 0.4) is 0 Å². The Morgan fingerprint density at radius 2 is 1.62 bits per heavy atom. The smallest absolute Gasteiger partial charge is 0.274 e. The summed E-state index contributed by atoms with van der Waals surface area (Å²) in [4.78, 5) is 29.5. The van der Waals surface area contributed by atoms with Crippen LogP contribution in [0.15, 0.2) is 53.3 Å². The van der Waals surface area contributed by atoms with Gasteiger partial charge in [0.25, 0.3) is 5.56 Å². The summed E-state index contributed by atoms with van der Waals surface area (Å²) >= 11 is 0. The van der Waals surface area contributed by atoms with Gasteiger partial charge in [0.05, 0.1) is 17.5 Å². The molecule has 1 amide bonds. The number of fused-ring (bicyclic) bond motifs is 1. The maximum absolute atomic E-state index is 12.9. The molecule has 1 saturated heterocycles. The van der Waals surface area contributed by atoms with Gasteiger partial charge in [-0.25, -0.2) is 4.68 Å². The molecule has 1 fully saturated rings. The zero-order chi connectivity index (χ0) is 20.4. The molecule has 150 valence electrons. The highest BCUT2D eigenvalue weighted by molar-refractivity contribution is 5.88. The predicted octanol–water partition coefficient (Wildman–Crippen LogP) is 2.13. The van der Waals surface area contributed by atoms with Crippen molar-refractivity contribution in [2.75, 3.05) is 26.2 Å². The van der Waals surface area contributed by atoms with Gasteiger partial charge >= 0.3 is 0 Å². The molecule has 29 heavy (non-hydrogen) atoms. The number of piperazine rings is 1. The van der Waals surface area contributed by atoms with Gasteiger partial charge in [-0.05, 0) is 24.1 Å². The Morgan fingerprint density at radius 1 is 0.966 bits per heavy atom. The molecule has 0 bridgehead atoms. The first-order chi connectivity index (χ1) is 14.0. The SMILES string of the molecule is Cc1ccccc1CN1CCN(C(=O)Cc2nn(C)c(=O)c3ccccc23)CC1. The summed E-state index contributed by atoms with van der Waals surface area (Å²) in [5.41, 5.74) is 3.17. The van der Waals surface area contributed by atoms with Gasteiger partial charge < -0.3 is 4.90 Å². The van der Waals surface area contributed by atoms with Crippen LogP contribution in [0.1, 0.15) is 16.8 Å². The van der Waals surface area contributed by atoms with Crippen molar-refractivity contribution < 1.29 is 4.79 Å². The molecular weight excluding hydrogens is 364 g/mol. The number of carbonyl (C=O) groups excluding carboxylic acids is 1. The van der Waals surface area contributed by atoms with E-state index in [0.717, 1.165) is 25.0 Å². The van der Waals surface area contributed by atoms with Crippen LogP contribution in [0.5, 0.6) is 0 Å². The van der Waals surface area contributed by atoms with Crippen molar-refractivity contribution >= 4 is 16.7 Å². The topological polar surface area (TPSA) is 58.4 Å². The Balaban J connectivity index is 1.42. The number of hydrogen-bond acceptors (Lipinski definition) is 4. The number of carbonyl (C=O) groups is 1. The average molecular weight is 390 g/mol. The fourth-order valence-corrected chi connectivity index (χ4v) is 3.95. The van der Waals surface area contributed by atoms with Gasteiger partial charge in [0, 0.05) is 45.2 Å². The molecule has 0 radical (unpaired) electrons. The fraction of sp³-hybridized carbons (Fsp3) is 0.348. The molecule has 1 aliphatic heterocycles. The second-order valence-corrected chi connectivity index (χ2v) is 7.68. The molecule has 4 rings (SSSR count). The first kappa shape index (κ1) is 19.3. The number of aromatic nitrogens is 2. The largest absolute Gasteiger partial charge is 0.340 e. The number of aryl methyl sites for hydroxylation is 2. The normalized spacial score (nSPS) is 15.0. The Hall–Kier alpha value is -2.99. The molecule has 2 heterocycles. The molecule has 1 aliphatic rings. The van der Waals surface area contributed by atoms with E-state index in [0.29, 0.717) is 24.2 Å². The molecule has 0 spiro atoms. The van der Waals surface area contributed by atoms with Crippen LogP contribution in [-0.4, -0.2) is 51.7 Å². The second-order valence-electron chi connectivity index (χ2n) is 7.68. The maximum Gasteiger partial charge on any atom is 0.274 e. The standard InChI is InChI=1S/C23H26N4O2/c1-17-7-3-4-8-18(17)16-26-11-13-27(14-12-26)22(28)15-21-19-9-5-6-10-20(19)23(29)25(2)24-21/h3-10H,11-16H2,1-2H3. The van der Waals surface area contributed by atoms with E-state index in [1.54, 1.807) is 13.1 Å². The van der Waals surface area contributed by atoms with Gasteiger partial charge in [-0.1, -0.05) is 42.5 Å². The zero-order valence-corrected chi connectivity index (χ0v) is 17.0. The van der Waals surface area contributed by atoms with Crippen LogP contribution >= 0.6 is 0 Å². The summed E-state index contributed by atoms with van der Waals surface area (Å²) in [6.45, 7) is 6.22. The third kappa shape index (κ3) is 4.07. The minimum atomic E-state index is -0.137. The molecular formula is C23H26N4O2. The molecule has 2 aromatic carbocycles. The minimum absolute atomic E-state index is 0.0665. The van der Waals surface area contributed by atoms with Crippen LogP contribution < -0.4 is 5.56 Å². The van der Waals surface area contributed by atoms with Gasteiger partial charge in [-0.15, -0.1) is 0 Å². The Bertz CT molecular complexity index is 1100. The number of hydrogen-bond donors (Lipinski definition) is 0. The van der Waals surface area contributed by atoms with Crippen LogP contribution in [0.2, 0.25) is 0 Å². The summed E-state index contributed by atoms with van der Waals surface area (Å²) in [6.07, 6.45) is 0.215. The number of amides is 1. The lowest BCUT2D eigenvalue weighted by Gasteiger charge is -2.35. The van der Waals surface area contributed by atoms with E-state index in [2.05, 4.69) is 41.2 Å². The van der Waals surface area contributed by atoms with E-state index >= 15 is 0 Å². The van der Waals surface area contributed by atoms with Gasteiger partial charge in [-0.3, -0.25) is 14.5 Å². The Kier molecular flexibility index (Phi) is 5.45. The highest BCUT2D eigenvalue weighted by Gasteiger charge is 2.23. The molecule has 6 nitrogen and oxygen atoms in total. The molecule has 0 saturated carbocycles. The summed E-state index contributed by atoms with van der Waals surface area (Å²) < 4.78 is 1.32. The molecule has 0 N–H and O–H groups in total. The van der Waals surface area contributed by atoms with E-state index in [9.17, 15) is 9.59 Å². The van der Waals surface area contributed by atoms with Crippen LogP contribution in [0.4, 0.5) is 0 Å². The lowest BCUT2D eigenvalue weighted by atomic mass is 10.1. The molecule has 3 aromatic rings. The molecule has 6 heteroatoms. The van der Waals surface area contributed by atoms with E-state index in [4.69, 9.17) is 0 Å². The van der Waals surface area contributed by atoms with Gasteiger partial charge in [0.15, 0.2) is 0 Å². The van der Waals surface area contributed by atoms with E-state index in [-0.39, 0.29) is 17.9 Å². The molecule has 0 atom stereocenters. The van der Waals surface area contributed by atoms with Gasteiger partial charge in [0.2, 0.25) is 5.91 Å². The minimum Gasteiger partial charge on any atom is -0.340 e. The zero-order valence-electron chi connectivity index (χ0n) is 17.0. The second kappa shape index (κ2) is 8.17. The van der Waals surface area contributed by atoms with Crippen molar-refractivity contribution in [1.82, 2.24) is 19.6 Å². The van der Waals surface area contributed by atoms with Crippen molar-refractivity contribution in [2.45, 2.75) is 19.9 Å². The summed E-state index contributed by atoms with van der Waals surface area (Å²) in [7, 11) is 1.63. The average Bonchev–Trinajstić information content (AvgIpc) is 2.74. The predicted molar refractivity (Wildman–Crippen MR) is 114 cm³/mol. The Morgan fingerprint density at radius 3 is 2.34 bits per heavy atom. The van der Waals surface area contributed by atoms with Crippen LogP contribution in [0.25, 0.3) is 10.8 Å². The Labute approximate surface area is 170 Å². The van der Waals surface area contributed by atoms with E-state index in [1.807, 2.05) is 23.1 Å². The van der Waals surface area contributed by atoms with E-state index in [1.165, 1.54) is 15.8 Å². The first-order valence-electron chi connectivity index (χ1n) is 10.0. The fourth-order valence-electron chi connectivity index (χ4n) is 3.95. The number of nitrogens with zero attached hydrogens (tertiary/aromatic N) is 4. The van der Waals surface area contributed by atoms with Crippen LogP contribution in [0, 0.1) is 6.92 Å². The van der Waals surface area contributed by atoms with Crippen molar-refractivity contribution in [3.63, 3.8) is 0 Å². The van der Waals surface area contributed by atoms with Crippen molar-refractivity contribution in [2.24, 2.45) is 7.05 Å². The van der Waals surface area contributed by atoms with Gasteiger partial charge in [0.1, 0.15) is 0 Å². The summed E-state index contributed by atoms with van der Waals surface area (Å²) in [5.74, 6) is 0.0665. The van der Waals surface area contributed by atoms with Crippen molar-refractivity contribution in [3.8, 4) is 0 Å².